The van der Waals surface area contributed by atoms with Crippen molar-refractivity contribution in [3.8, 4) is 28.5 Å². The smallest absolute Gasteiger partial charge is 0.212 e. The highest BCUT2D eigenvalue weighted by Crippen LogP contribution is 2.30. The second kappa shape index (κ2) is 4.89. The topological polar surface area (TPSA) is 61.0 Å². The van der Waals surface area contributed by atoms with Crippen LogP contribution < -0.4 is 4.74 Å². The SMILES string of the molecule is COc1ccc(-c2ncoc2-c2cccnc2)cn1. The van der Waals surface area contributed by atoms with Crippen molar-refractivity contribution in [2.24, 2.45) is 0 Å². The van der Waals surface area contributed by atoms with Crippen LogP contribution in [0, 0.1) is 0 Å². The number of pyridine rings is 2. The van der Waals surface area contributed by atoms with Crippen molar-refractivity contribution in [1.82, 2.24) is 15.0 Å². The molecule has 3 aromatic heterocycles. The molecule has 0 radical (unpaired) electrons. The van der Waals surface area contributed by atoms with E-state index in [9.17, 15) is 0 Å². The molecular formula is C14H11N3O2. The summed E-state index contributed by atoms with van der Waals surface area (Å²) in [6.07, 6.45) is 6.58. The number of aromatic nitrogens is 3. The molecule has 0 saturated heterocycles. The summed E-state index contributed by atoms with van der Waals surface area (Å²) in [4.78, 5) is 12.5. The Morgan fingerprint density at radius 3 is 2.68 bits per heavy atom. The summed E-state index contributed by atoms with van der Waals surface area (Å²) >= 11 is 0. The van der Waals surface area contributed by atoms with Gasteiger partial charge in [0.2, 0.25) is 5.88 Å². The fraction of sp³-hybridized carbons (Fsp3) is 0.0714. The molecule has 3 aromatic rings. The summed E-state index contributed by atoms with van der Waals surface area (Å²) in [6, 6.07) is 7.46. The van der Waals surface area contributed by atoms with E-state index in [1.807, 2.05) is 18.2 Å². The molecule has 94 valence electrons. The van der Waals surface area contributed by atoms with Crippen LogP contribution >= 0.6 is 0 Å². The molecule has 0 aromatic carbocycles. The molecular weight excluding hydrogens is 242 g/mol. The number of ether oxygens (including phenoxy) is 1. The number of nitrogens with zero attached hydrogens (tertiary/aromatic N) is 3. The Balaban J connectivity index is 2.04. The highest BCUT2D eigenvalue weighted by atomic mass is 16.5. The third kappa shape index (κ3) is 2.18. The molecule has 0 aliphatic rings. The second-order valence-electron chi connectivity index (χ2n) is 3.86. The van der Waals surface area contributed by atoms with Crippen LogP contribution in [0.25, 0.3) is 22.6 Å². The lowest BCUT2D eigenvalue weighted by Gasteiger charge is -2.02. The molecule has 0 saturated carbocycles. The molecule has 0 spiro atoms. The van der Waals surface area contributed by atoms with Crippen molar-refractivity contribution in [2.75, 3.05) is 7.11 Å². The molecule has 3 rings (SSSR count). The highest BCUT2D eigenvalue weighted by molar-refractivity contribution is 5.75. The van der Waals surface area contributed by atoms with Crippen LogP contribution in [-0.2, 0) is 0 Å². The first-order valence-corrected chi connectivity index (χ1v) is 5.73. The van der Waals surface area contributed by atoms with Gasteiger partial charge in [-0.05, 0) is 18.2 Å². The molecule has 0 bridgehead atoms. The Kier molecular flexibility index (Phi) is 2.94. The van der Waals surface area contributed by atoms with Gasteiger partial charge in [-0.25, -0.2) is 9.97 Å². The lowest BCUT2D eigenvalue weighted by Crippen LogP contribution is -1.88. The van der Waals surface area contributed by atoms with E-state index < -0.39 is 0 Å². The number of hydrogen-bond donors (Lipinski definition) is 0. The fourth-order valence-electron chi connectivity index (χ4n) is 1.79. The normalized spacial score (nSPS) is 10.4. The van der Waals surface area contributed by atoms with Crippen molar-refractivity contribution in [2.45, 2.75) is 0 Å². The molecule has 0 unspecified atom stereocenters. The zero-order chi connectivity index (χ0) is 13.1. The number of oxazole rings is 1. The van der Waals surface area contributed by atoms with Gasteiger partial charge in [0, 0.05) is 35.8 Å². The highest BCUT2D eigenvalue weighted by Gasteiger charge is 2.13. The molecule has 0 aliphatic carbocycles. The standard InChI is InChI=1S/C14H11N3O2/c1-18-12-5-4-10(8-16-12)13-14(19-9-17-13)11-3-2-6-15-7-11/h2-9H,1H3. The van der Waals surface area contributed by atoms with Gasteiger partial charge in [-0.2, -0.15) is 0 Å². The van der Waals surface area contributed by atoms with Crippen molar-refractivity contribution in [3.05, 3.63) is 49.2 Å². The summed E-state index contributed by atoms with van der Waals surface area (Å²) in [5.74, 6) is 1.25. The van der Waals surface area contributed by atoms with Crippen molar-refractivity contribution in [1.29, 1.82) is 0 Å². The van der Waals surface area contributed by atoms with Crippen LogP contribution in [0.3, 0.4) is 0 Å². The Labute approximate surface area is 109 Å². The molecule has 0 N–H and O–H groups in total. The van der Waals surface area contributed by atoms with E-state index in [-0.39, 0.29) is 0 Å². The zero-order valence-electron chi connectivity index (χ0n) is 10.3. The fourth-order valence-corrected chi connectivity index (χ4v) is 1.79. The van der Waals surface area contributed by atoms with Gasteiger partial charge in [0.25, 0.3) is 0 Å². The van der Waals surface area contributed by atoms with Gasteiger partial charge in [-0.15, -0.1) is 0 Å². The Hall–Kier alpha value is -2.69. The van der Waals surface area contributed by atoms with E-state index in [4.69, 9.17) is 9.15 Å². The maximum Gasteiger partial charge on any atom is 0.212 e. The monoisotopic (exact) mass is 253 g/mol. The lowest BCUT2D eigenvalue weighted by molar-refractivity contribution is 0.398. The van der Waals surface area contributed by atoms with E-state index in [1.54, 1.807) is 31.8 Å². The van der Waals surface area contributed by atoms with Gasteiger partial charge >= 0.3 is 0 Å². The molecule has 0 aliphatic heterocycles. The van der Waals surface area contributed by atoms with Gasteiger partial charge in [0.1, 0.15) is 5.69 Å². The van der Waals surface area contributed by atoms with Gasteiger partial charge < -0.3 is 9.15 Å². The van der Waals surface area contributed by atoms with Gasteiger partial charge in [0.15, 0.2) is 12.2 Å². The maximum absolute atomic E-state index is 5.45. The quantitative estimate of drug-likeness (QED) is 0.718. The van der Waals surface area contributed by atoms with Crippen LogP contribution in [0.4, 0.5) is 0 Å². The van der Waals surface area contributed by atoms with Crippen LogP contribution in [0.1, 0.15) is 0 Å². The first kappa shape index (κ1) is 11.4. The molecule has 5 nitrogen and oxygen atoms in total. The molecule has 0 amide bonds. The maximum atomic E-state index is 5.45. The van der Waals surface area contributed by atoms with Crippen LogP contribution in [-0.4, -0.2) is 22.1 Å². The lowest BCUT2D eigenvalue weighted by atomic mass is 10.1. The molecule has 0 fully saturated rings. The molecule has 3 heterocycles. The second-order valence-corrected chi connectivity index (χ2v) is 3.86. The van der Waals surface area contributed by atoms with E-state index in [2.05, 4.69) is 15.0 Å². The van der Waals surface area contributed by atoms with Crippen LogP contribution in [0.5, 0.6) is 5.88 Å². The van der Waals surface area contributed by atoms with E-state index in [0.29, 0.717) is 11.6 Å². The minimum atomic E-state index is 0.565. The third-order valence-corrected chi connectivity index (χ3v) is 2.71. The summed E-state index contributed by atoms with van der Waals surface area (Å²) < 4.78 is 10.5. The average Bonchev–Trinajstić information content (AvgIpc) is 2.98. The largest absolute Gasteiger partial charge is 0.481 e. The van der Waals surface area contributed by atoms with Crippen molar-refractivity contribution >= 4 is 0 Å². The van der Waals surface area contributed by atoms with Crippen molar-refractivity contribution in [3.63, 3.8) is 0 Å². The molecule has 5 heteroatoms. The van der Waals surface area contributed by atoms with E-state index >= 15 is 0 Å². The first-order valence-electron chi connectivity index (χ1n) is 5.73. The minimum absolute atomic E-state index is 0.565. The van der Waals surface area contributed by atoms with Gasteiger partial charge in [-0.3, -0.25) is 4.98 Å². The number of hydrogen-bond acceptors (Lipinski definition) is 5. The summed E-state index contributed by atoms with van der Waals surface area (Å²) in [6.45, 7) is 0. The predicted molar refractivity (Wildman–Crippen MR) is 69.5 cm³/mol. The zero-order valence-corrected chi connectivity index (χ0v) is 10.3. The molecule has 0 atom stereocenters. The van der Waals surface area contributed by atoms with Crippen molar-refractivity contribution < 1.29 is 9.15 Å². The van der Waals surface area contributed by atoms with E-state index in [1.165, 1.54) is 6.39 Å². The first-order chi connectivity index (χ1) is 9.38. The summed E-state index contributed by atoms with van der Waals surface area (Å²) in [5, 5.41) is 0. The average molecular weight is 253 g/mol. The predicted octanol–water partition coefficient (Wildman–Crippen LogP) is 2.81. The molecule has 19 heavy (non-hydrogen) atoms. The summed E-state index contributed by atoms with van der Waals surface area (Å²) in [5.41, 5.74) is 2.49. The summed E-state index contributed by atoms with van der Waals surface area (Å²) in [7, 11) is 1.58. The van der Waals surface area contributed by atoms with Crippen LogP contribution in [0.2, 0.25) is 0 Å². The Bertz CT molecular complexity index is 663. The minimum Gasteiger partial charge on any atom is -0.481 e. The van der Waals surface area contributed by atoms with E-state index in [0.717, 1.165) is 16.8 Å². The Morgan fingerprint density at radius 2 is 2.00 bits per heavy atom. The number of methoxy groups -OCH3 is 1. The third-order valence-electron chi connectivity index (χ3n) is 2.71. The number of rotatable bonds is 3. The van der Waals surface area contributed by atoms with Crippen LogP contribution in [0.15, 0.2) is 53.7 Å². The Morgan fingerprint density at radius 1 is 1.05 bits per heavy atom. The van der Waals surface area contributed by atoms with Gasteiger partial charge in [0.05, 0.1) is 7.11 Å². The van der Waals surface area contributed by atoms with Gasteiger partial charge in [-0.1, -0.05) is 0 Å².